The summed E-state index contributed by atoms with van der Waals surface area (Å²) >= 11 is 0. The van der Waals surface area contributed by atoms with Crippen molar-refractivity contribution in [2.75, 3.05) is 19.8 Å². The lowest BCUT2D eigenvalue weighted by atomic mass is 9.80. The van der Waals surface area contributed by atoms with E-state index in [0.717, 1.165) is 35.4 Å². The predicted molar refractivity (Wildman–Crippen MR) is 181 cm³/mol. The summed E-state index contributed by atoms with van der Waals surface area (Å²) in [7, 11) is 0. The predicted octanol–water partition coefficient (Wildman–Crippen LogP) is 10.3. The fourth-order valence-electron chi connectivity index (χ4n) is 5.94. The van der Waals surface area contributed by atoms with Crippen LogP contribution >= 0.6 is 0 Å². The van der Waals surface area contributed by atoms with Crippen LogP contribution in [0.1, 0.15) is 107 Å². The zero-order valence-corrected chi connectivity index (χ0v) is 26.7. The summed E-state index contributed by atoms with van der Waals surface area (Å²) in [5.74, 6) is 0.869. The molecule has 0 aliphatic carbocycles. The van der Waals surface area contributed by atoms with Crippen molar-refractivity contribution < 1.29 is 14.6 Å². The molecule has 0 amide bonds. The van der Waals surface area contributed by atoms with Crippen molar-refractivity contribution in [2.24, 2.45) is 5.92 Å². The number of ether oxygens (including phenoxy) is 2. The minimum absolute atomic E-state index is 0.173. The second-order valence-corrected chi connectivity index (χ2v) is 12.1. The van der Waals surface area contributed by atoms with Gasteiger partial charge in [0.25, 0.3) is 0 Å². The maximum absolute atomic E-state index is 10.8. The smallest absolute Gasteiger partial charge is 0.143 e. The van der Waals surface area contributed by atoms with Crippen LogP contribution < -0.4 is 0 Å². The van der Waals surface area contributed by atoms with Gasteiger partial charge in [-0.15, -0.1) is 6.58 Å². The molecule has 0 aliphatic heterocycles. The van der Waals surface area contributed by atoms with E-state index in [1.165, 1.54) is 70.6 Å². The third-order valence-electron chi connectivity index (χ3n) is 8.43. The van der Waals surface area contributed by atoms with Gasteiger partial charge >= 0.3 is 0 Å². The van der Waals surface area contributed by atoms with Crippen LogP contribution in [-0.4, -0.2) is 31.0 Å². The molecule has 43 heavy (non-hydrogen) atoms. The molecule has 3 aromatic carbocycles. The van der Waals surface area contributed by atoms with E-state index in [4.69, 9.17) is 9.47 Å². The molecule has 3 heteroatoms. The van der Waals surface area contributed by atoms with Crippen molar-refractivity contribution in [3.8, 4) is 0 Å². The number of rotatable bonds is 24. The molecule has 2 atom stereocenters. The van der Waals surface area contributed by atoms with Gasteiger partial charge in [-0.25, -0.2) is 0 Å². The van der Waals surface area contributed by atoms with E-state index in [-0.39, 0.29) is 13.2 Å². The van der Waals surface area contributed by atoms with Crippen LogP contribution in [0.2, 0.25) is 0 Å². The second-order valence-electron chi connectivity index (χ2n) is 12.1. The van der Waals surface area contributed by atoms with Gasteiger partial charge in [-0.3, -0.25) is 0 Å². The van der Waals surface area contributed by atoms with Crippen LogP contribution in [0.25, 0.3) is 0 Å². The van der Waals surface area contributed by atoms with Gasteiger partial charge in [-0.2, -0.15) is 0 Å². The molecule has 0 saturated heterocycles. The van der Waals surface area contributed by atoms with Crippen molar-refractivity contribution in [3.05, 3.63) is 120 Å². The van der Waals surface area contributed by atoms with E-state index in [2.05, 4.69) is 49.9 Å². The first kappa shape index (κ1) is 34.8. The Labute approximate surface area is 262 Å². The minimum Gasteiger partial charge on any atom is -0.388 e. The molecule has 0 fully saturated rings. The molecule has 3 rings (SSSR count). The Balaban J connectivity index is 1.33. The Morgan fingerprint density at radius 3 is 1.56 bits per heavy atom. The molecular weight excluding hydrogens is 528 g/mol. The third kappa shape index (κ3) is 12.4. The SMILES string of the molecule is C=CCCCCC[C@@H](C)CCCCCCCCCOC[C@H](O)COC(c1ccccc1)(c1ccccc1)c1ccccc1. The highest BCUT2D eigenvalue weighted by atomic mass is 16.5. The fourth-order valence-corrected chi connectivity index (χ4v) is 5.94. The summed E-state index contributed by atoms with van der Waals surface area (Å²) in [6, 6.07) is 30.8. The van der Waals surface area contributed by atoms with Gasteiger partial charge in [0.2, 0.25) is 0 Å². The number of aliphatic hydroxyl groups excluding tert-OH is 1. The Hall–Kier alpha value is -2.72. The van der Waals surface area contributed by atoms with Crippen LogP contribution in [0.4, 0.5) is 0 Å². The number of hydrogen-bond donors (Lipinski definition) is 1. The largest absolute Gasteiger partial charge is 0.388 e. The number of benzene rings is 3. The zero-order chi connectivity index (χ0) is 30.4. The Bertz CT molecular complexity index is 986. The van der Waals surface area contributed by atoms with E-state index in [1.54, 1.807) is 0 Å². The van der Waals surface area contributed by atoms with Gasteiger partial charge in [0.1, 0.15) is 11.7 Å². The molecule has 0 unspecified atom stereocenters. The first-order chi connectivity index (χ1) is 21.2. The average Bonchev–Trinajstić information content (AvgIpc) is 3.05. The van der Waals surface area contributed by atoms with Crippen molar-refractivity contribution in [1.82, 2.24) is 0 Å². The molecule has 0 spiro atoms. The molecule has 0 heterocycles. The number of allylic oxidation sites excluding steroid dienone is 1. The first-order valence-electron chi connectivity index (χ1n) is 16.8. The summed E-state index contributed by atoms with van der Waals surface area (Å²) in [5.41, 5.74) is 2.27. The monoisotopic (exact) mass is 584 g/mol. The summed E-state index contributed by atoms with van der Waals surface area (Å²) in [6.45, 7) is 7.36. The Kier molecular flexibility index (Phi) is 17.0. The lowest BCUT2D eigenvalue weighted by Gasteiger charge is -2.36. The molecule has 3 aromatic rings. The molecule has 0 radical (unpaired) electrons. The van der Waals surface area contributed by atoms with Gasteiger partial charge < -0.3 is 14.6 Å². The Morgan fingerprint density at radius 2 is 1.07 bits per heavy atom. The number of unbranched alkanes of at least 4 members (excludes halogenated alkanes) is 9. The zero-order valence-electron chi connectivity index (χ0n) is 26.7. The van der Waals surface area contributed by atoms with E-state index in [9.17, 15) is 5.11 Å². The standard InChI is InChI=1S/C40H56O3/c1-3-4-5-9-15-24-35(2)25-16-10-7-6-8-11-23-32-42-33-39(41)34-43-40(36-26-17-12-18-27-36,37-28-19-13-20-29-37)38-30-21-14-22-31-38/h3,12-14,17-22,26-31,35,39,41H,1,4-11,15-16,23-25,32-34H2,2H3/t35-,39+/m1/s1. The number of hydrogen-bond acceptors (Lipinski definition) is 3. The highest BCUT2D eigenvalue weighted by molar-refractivity contribution is 5.47. The van der Waals surface area contributed by atoms with E-state index >= 15 is 0 Å². The maximum atomic E-state index is 10.8. The van der Waals surface area contributed by atoms with Gasteiger partial charge in [0, 0.05) is 6.61 Å². The molecule has 0 aliphatic rings. The molecule has 1 N–H and O–H groups in total. The van der Waals surface area contributed by atoms with Crippen LogP contribution in [0.3, 0.4) is 0 Å². The summed E-state index contributed by atoms with van der Waals surface area (Å²) in [6.07, 6.45) is 18.2. The van der Waals surface area contributed by atoms with Crippen molar-refractivity contribution >= 4 is 0 Å². The fraction of sp³-hybridized carbons (Fsp3) is 0.500. The molecule has 3 nitrogen and oxygen atoms in total. The van der Waals surface area contributed by atoms with Gasteiger partial charge in [0.15, 0.2) is 0 Å². The molecule has 0 saturated carbocycles. The quantitative estimate of drug-likeness (QED) is 0.0647. The summed E-state index contributed by atoms with van der Waals surface area (Å²) < 4.78 is 12.6. The van der Waals surface area contributed by atoms with Gasteiger partial charge in [0.05, 0.1) is 13.2 Å². The van der Waals surface area contributed by atoms with E-state index in [0.29, 0.717) is 6.61 Å². The molecular formula is C40H56O3. The van der Waals surface area contributed by atoms with Gasteiger partial charge in [-0.1, -0.05) is 168 Å². The van der Waals surface area contributed by atoms with Crippen molar-refractivity contribution in [2.45, 2.75) is 102 Å². The van der Waals surface area contributed by atoms with Crippen molar-refractivity contribution in [3.63, 3.8) is 0 Å². The number of aliphatic hydroxyl groups is 1. The highest BCUT2D eigenvalue weighted by Crippen LogP contribution is 2.40. The summed E-state index contributed by atoms with van der Waals surface area (Å²) in [5, 5.41) is 10.8. The van der Waals surface area contributed by atoms with E-state index in [1.807, 2.05) is 60.7 Å². The average molecular weight is 585 g/mol. The van der Waals surface area contributed by atoms with Crippen LogP contribution in [-0.2, 0) is 15.1 Å². The first-order valence-corrected chi connectivity index (χ1v) is 16.8. The van der Waals surface area contributed by atoms with Gasteiger partial charge in [-0.05, 0) is 41.9 Å². The van der Waals surface area contributed by atoms with Crippen LogP contribution in [0.15, 0.2) is 104 Å². The molecule has 0 bridgehead atoms. The maximum Gasteiger partial charge on any atom is 0.143 e. The molecule has 234 valence electrons. The second kappa shape index (κ2) is 21.1. The van der Waals surface area contributed by atoms with E-state index < -0.39 is 11.7 Å². The van der Waals surface area contributed by atoms with Crippen LogP contribution in [0.5, 0.6) is 0 Å². The Morgan fingerprint density at radius 1 is 0.628 bits per heavy atom. The van der Waals surface area contributed by atoms with Crippen LogP contribution in [0, 0.1) is 5.92 Å². The summed E-state index contributed by atoms with van der Waals surface area (Å²) in [4.78, 5) is 0. The molecule has 0 aromatic heterocycles. The third-order valence-corrected chi connectivity index (χ3v) is 8.43. The minimum atomic E-state index is -0.825. The topological polar surface area (TPSA) is 38.7 Å². The highest BCUT2D eigenvalue weighted by Gasteiger charge is 2.38. The lowest BCUT2D eigenvalue weighted by Crippen LogP contribution is -2.36. The normalized spacial score (nSPS) is 13.1. The lowest BCUT2D eigenvalue weighted by molar-refractivity contribution is -0.0641. The van der Waals surface area contributed by atoms with Crippen molar-refractivity contribution in [1.29, 1.82) is 0 Å².